The summed E-state index contributed by atoms with van der Waals surface area (Å²) in [7, 11) is 1.45. The molecule has 1 aliphatic carbocycles. The molecule has 0 spiro atoms. The van der Waals surface area contributed by atoms with E-state index in [9.17, 15) is 14.4 Å². The Balaban J connectivity index is 1.61. The van der Waals surface area contributed by atoms with Crippen LogP contribution in [0.15, 0.2) is 48.5 Å². The second-order valence-corrected chi connectivity index (χ2v) is 7.34. The van der Waals surface area contributed by atoms with Crippen LogP contribution in [0.4, 0.5) is 0 Å². The van der Waals surface area contributed by atoms with Crippen LogP contribution in [-0.2, 0) is 0 Å². The number of hydrogen-bond acceptors (Lipinski definition) is 3. The summed E-state index contributed by atoms with van der Waals surface area (Å²) >= 11 is 0. The van der Waals surface area contributed by atoms with E-state index in [4.69, 9.17) is 0 Å². The van der Waals surface area contributed by atoms with E-state index in [1.165, 1.54) is 26.0 Å². The highest BCUT2D eigenvalue weighted by atomic mass is 16.2. The van der Waals surface area contributed by atoms with Crippen molar-refractivity contribution in [3.63, 3.8) is 0 Å². The number of nitrogens with zero attached hydrogens (tertiary/aromatic N) is 1. The summed E-state index contributed by atoms with van der Waals surface area (Å²) in [5.41, 5.74) is 2.16. The number of carbonyl (C=O) groups is 3. The van der Waals surface area contributed by atoms with Crippen molar-refractivity contribution in [3.8, 4) is 0 Å². The Hall–Kier alpha value is -2.95. The average Bonchev–Trinajstić information content (AvgIpc) is 3.31. The van der Waals surface area contributed by atoms with Gasteiger partial charge in [0, 0.05) is 12.6 Å². The maximum Gasteiger partial charge on any atom is 0.261 e. The number of amides is 3. The molecule has 0 aromatic heterocycles. The fourth-order valence-corrected chi connectivity index (χ4v) is 4.15. The van der Waals surface area contributed by atoms with Gasteiger partial charge in [-0.25, -0.2) is 0 Å². The fourth-order valence-electron chi connectivity index (χ4n) is 4.15. The van der Waals surface area contributed by atoms with Gasteiger partial charge in [0.05, 0.1) is 17.2 Å². The highest BCUT2D eigenvalue weighted by Gasteiger charge is 2.34. The standard InChI is InChI=1S/C22H22N2O3/c1-24-21(26)17-12-11-16(13-18(17)22(24)27)20(25)23-19(15-9-5-6-10-15)14-7-3-2-4-8-14/h2-4,7-8,11-13,15,19H,5-6,9-10H2,1H3,(H,23,25). The predicted molar refractivity (Wildman–Crippen MR) is 101 cm³/mol. The highest BCUT2D eigenvalue weighted by Crippen LogP contribution is 2.36. The number of rotatable bonds is 4. The van der Waals surface area contributed by atoms with Crippen LogP contribution in [0, 0.1) is 5.92 Å². The fraction of sp³-hybridized carbons (Fsp3) is 0.318. The van der Waals surface area contributed by atoms with E-state index in [0.29, 0.717) is 22.6 Å². The van der Waals surface area contributed by atoms with Crippen molar-refractivity contribution < 1.29 is 14.4 Å². The second-order valence-electron chi connectivity index (χ2n) is 7.34. The Kier molecular flexibility index (Phi) is 4.52. The van der Waals surface area contributed by atoms with Gasteiger partial charge in [0.15, 0.2) is 0 Å². The molecule has 0 radical (unpaired) electrons. The summed E-state index contributed by atoms with van der Waals surface area (Å²) in [4.78, 5) is 38.3. The molecule has 5 nitrogen and oxygen atoms in total. The molecule has 5 heteroatoms. The number of fused-ring (bicyclic) bond motifs is 1. The van der Waals surface area contributed by atoms with Crippen molar-refractivity contribution in [1.29, 1.82) is 0 Å². The maximum atomic E-state index is 12.9. The van der Waals surface area contributed by atoms with Gasteiger partial charge in [0.25, 0.3) is 17.7 Å². The van der Waals surface area contributed by atoms with Crippen molar-refractivity contribution in [2.45, 2.75) is 31.7 Å². The number of hydrogen-bond donors (Lipinski definition) is 1. The first-order chi connectivity index (χ1) is 13.1. The van der Waals surface area contributed by atoms with Crippen LogP contribution in [0.5, 0.6) is 0 Å². The van der Waals surface area contributed by atoms with Crippen LogP contribution in [0.2, 0.25) is 0 Å². The van der Waals surface area contributed by atoms with Gasteiger partial charge in [-0.15, -0.1) is 0 Å². The van der Waals surface area contributed by atoms with Crippen molar-refractivity contribution in [2.75, 3.05) is 7.05 Å². The third kappa shape index (κ3) is 3.14. The van der Waals surface area contributed by atoms with Gasteiger partial charge in [0.1, 0.15) is 0 Å². The van der Waals surface area contributed by atoms with E-state index in [1.54, 1.807) is 12.1 Å². The van der Waals surface area contributed by atoms with Gasteiger partial charge in [-0.2, -0.15) is 0 Å². The normalized spacial score (nSPS) is 17.9. The molecular weight excluding hydrogens is 340 g/mol. The molecule has 4 rings (SSSR count). The minimum absolute atomic E-state index is 0.0468. The number of benzene rings is 2. The zero-order valence-corrected chi connectivity index (χ0v) is 15.3. The van der Waals surface area contributed by atoms with Crippen molar-refractivity contribution in [3.05, 3.63) is 70.8 Å². The molecule has 2 aliphatic rings. The molecule has 0 bridgehead atoms. The summed E-state index contributed by atoms with van der Waals surface area (Å²) in [6.45, 7) is 0. The van der Waals surface area contributed by atoms with Gasteiger partial charge in [-0.05, 0) is 42.5 Å². The van der Waals surface area contributed by atoms with Crippen LogP contribution in [0.3, 0.4) is 0 Å². The Morgan fingerprint density at radius 3 is 2.37 bits per heavy atom. The van der Waals surface area contributed by atoms with Crippen LogP contribution in [0.25, 0.3) is 0 Å². The summed E-state index contributed by atoms with van der Waals surface area (Å²) in [5, 5.41) is 3.17. The molecule has 138 valence electrons. The van der Waals surface area contributed by atoms with Gasteiger partial charge in [-0.3, -0.25) is 19.3 Å². The van der Waals surface area contributed by atoms with Crippen LogP contribution < -0.4 is 5.32 Å². The summed E-state index contributed by atoms with van der Waals surface area (Å²) in [6.07, 6.45) is 4.57. The lowest BCUT2D eigenvalue weighted by molar-refractivity contribution is 0.0693. The third-order valence-corrected chi connectivity index (χ3v) is 5.67. The molecule has 2 aromatic carbocycles. The van der Waals surface area contributed by atoms with Crippen molar-refractivity contribution in [2.24, 2.45) is 5.92 Å². The van der Waals surface area contributed by atoms with E-state index < -0.39 is 0 Å². The molecular formula is C22H22N2O3. The summed E-state index contributed by atoms with van der Waals surface area (Å²) in [6, 6.07) is 14.7. The van der Waals surface area contributed by atoms with E-state index in [2.05, 4.69) is 5.32 Å². The van der Waals surface area contributed by atoms with E-state index >= 15 is 0 Å². The lowest BCUT2D eigenvalue weighted by Gasteiger charge is -2.25. The molecule has 1 N–H and O–H groups in total. The molecule has 27 heavy (non-hydrogen) atoms. The monoisotopic (exact) mass is 362 g/mol. The van der Waals surface area contributed by atoms with Gasteiger partial charge in [0.2, 0.25) is 0 Å². The van der Waals surface area contributed by atoms with Gasteiger partial charge >= 0.3 is 0 Å². The average molecular weight is 362 g/mol. The minimum atomic E-state index is -0.361. The zero-order chi connectivity index (χ0) is 19.0. The first-order valence-corrected chi connectivity index (χ1v) is 9.38. The zero-order valence-electron chi connectivity index (χ0n) is 15.3. The minimum Gasteiger partial charge on any atom is -0.345 e. The summed E-state index contributed by atoms with van der Waals surface area (Å²) in [5.74, 6) is -0.483. The van der Waals surface area contributed by atoms with Crippen LogP contribution >= 0.6 is 0 Å². The molecule has 2 aromatic rings. The maximum absolute atomic E-state index is 12.9. The Bertz CT molecular complexity index is 901. The Morgan fingerprint density at radius 1 is 1.00 bits per heavy atom. The molecule has 1 aliphatic heterocycles. The van der Waals surface area contributed by atoms with Crippen molar-refractivity contribution in [1.82, 2.24) is 10.2 Å². The number of imide groups is 1. The van der Waals surface area contributed by atoms with E-state index in [1.807, 2.05) is 30.3 Å². The lowest BCUT2D eigenvalue weighted by Crippen LogP contribution is -2.32. The first-order valence-electron chi connectivity index (χ1n) is 9.38. The number of nitrogens with one attached hydrogen (secondary N) is 1. The topological polar surface area (TPSA) is 66.5 Å². The Morgan fingerprint density at radius 2 is 1.67 bits per heavy atom. The van der Waals surface area contributed by atoms with Gasteiger partial charge < -0.3 is 5.32 Å². The molecule has 1 atom stereocenters. The molecule has 3 amide bonds. The highest BCUT2D eigenvalue weighted by molar-refractivity contribution is 6.21. The third-order valence-electron chi connectivity index (χ3n) is 5.67. The quantitative estimate of drug-likeness (QED) is 0.846. The summed E-state index contributed by atoms with van der Waals surface area (Å²) < 4.78 is 0. The van der Waals surface area contributed by atoms with Crippen molar-refractivity contribution >= 4 is 17.7 Å². The van der Waals surface area contributed by atoms with Crippen LogP contribution in [-0.4, -0.2) is 29.7 Å². The van der Waals surface area contributed by atoms with Gasteiger partial charge in [-0.1, -0.05) is 43.2 Å². The molecule has 1 saturated carbocycles. The van der Waals surface area contributed by atoms with E-state index in [0.717, 1.165) is 23.3 Å². The lowest BCUT2D eigenvalue weighted by atomic mass is 9.91. The SMILES string of the molecule is CN1C(=O)c2ccc(C(=O)NC(c3ccccc3)C3CCCC3)cc2C1=O. The molecule has 0 saturated heterocycles. The largest absolute Gasteiger partial charge is 0.345 e. The number of carbonyl (C=O) groups excluding carboxylic acids is 3. The molecule has 1 heterocycles. The Labute approximate surface area is 158 Å². The van der Waals surface area contributed by atoms with Crippen LogP contribution in [0.1, 0.15) is 68.4 Å². The molecule has 1 fully saturated rings. The van der Waals surface area contributed by atoms with E-state index in [-0.39, 0.29) is 23.8 Å². The predicted octanol–water partition coefficient (Wildman–Crippen LogP) is 3.57. The first kappa shape index (κ1) is 17.5. The molecule has 1 unspecified atom stereocenters. The second kappa shape index (κ2) is 6.99. The smallest absolute Gasteiger partial charge is 0.261 e.